The highest BCUT2D eigenvalue weighted by Gasteiger charge is 2.09. The van der Waals surface area contributed by atoms with Crippen LogP contribution in [0.2, 0.25) is 0 Å². The number of rotatable bonds is 6. The lowest BCUT2D eigenvalue weighted by Crippen LogP contribution is -2.13. The van der Waals surface area contributed by atoms with Crippen molar-refractivity contribution in [1.29, 1.82) is 5.26 Å². The first kappa shape index (κ1) is 16.4. The molecule has 0 saturated heterocycles. The van der Waals surface area contributed by atoms with Gasteiger partial charge in [0.2, 0.25) is 5.91 Å². The molecule has 2 rings (SSSR count). The van der Waals surface area contributed by atoms with E-state index in [0.29, 0.717) is 17.7 Å². The second-order valence-corrected chi connectivity index (χ2v) is 5.01. The molecule has 5 heteroatoms. The number of hydrogen-bond donors (Lipinski definition) is 1. The van der Waals surface area contributed by atoms with Gasteiger partial charge in [-0.1, -0.05) is 12.1 Å². The molecule has 0 spiro atoms. The minimum Gasteiger partial charge on any atom is -0.326 e. The van der Waals surface area contributed by atoms with E-state index in [1.54, 1.807) is 24.3 Å². The third-order valence-corrected chi connectivity index (χ3v) is 3.27. The van der Waals surface area contributed by atoms with Crippen LogP contribution in [0.15, 0.2) is 48.5 Å². The van der Waals surface area contributed by atoms with Gasteiger partial charge in [-0.3, -0.25) is 9.59 Å². The maximum absolute atomic E-state index is 12.8. The van der Waals surface area contributed by atoms with Crippen molar-refractivity contribution in [3.05, 3.63) is 65.5 Å². The van der Waals surface area contributed by atoms with E-state index in [2.05, 4.69) is 5.32 Å². The van der Waals surface area contributed by atoms with Gasteiger partial charge in [-0.15, -0.1) is 0 Å². The summed E-state index contributed by atoms with van der Waals surface area (Å²) in [6.07, 6.45) is 0.431. The zero-order chi connectivity index (χ0) is 16.7. The first-order valence-electron chi connectivity index (χ1n) is 7.13. The minimum atomic E-state index is -0.404. The van der Waals surface area contributed by atoms with Crippen LogP contribution in [-0.4, -0.2) is 11.7 Å². The van der Waals surface area contributed by atoms with Crippen molar-refractivity contribution in [2.24, 2.45) is 0 Å². The predicted octanol–water partition coefficient (Wildman–Crippen LogP) is 3.49. The molecule has 4 nitrogen and oxygen atoms in total. The highest BCUT2D eigenvalue weighted by molar-refractivity contribution is 5.99. The minimum absolute atomic E-state index is 0.0517. The number of nitriles is 1. The summed E-state index contributed by atoms with van der Waals surface area (Å²) >= 11 is 0. The summed E-state index contributed by atoms with van der Waals surface area (Å²) in [5.41, 5.74) is 1.88. The summed E-state index contributed by atoms with van der Waals surface area (Å²) in [5, 5.41) is 11.3. The monoisotopic (exact) mass is 310 g/mol. The number of hydrogen-bond acceptors (Lipinski definition) is 3. The largest absolute Gasteiger partial charge is 0.326 e. The fourth-order valence-electron chi connectivity index (χ4n) is 2.03. The number of nitrogens with one attached hydrogen (secondary N) is 1. The molecule has 0 fully saturated rings. The zero-order valence-corrected chi connectivity index (χ0v) is 12.4. The van der Waals surface area contributed by atoms with E-state index >= 15 is 0 Å². The van der Waals surface area contributed by atoms with Crippen LogP contribution in [0, 0.1) is 17.1 Å². The third-order valence-electron chi connectivity index (χ3n) is 3.27. The van der Waals surface area contributed by atoms with Gasteiger partial charge in [0.05, 0.1) is 12.5 Å². The molecule has 116 valence electrons. The molecule has 1 amide bonds. The fraction of sp³-hybridized carbons (Fsp3) is 0.167. The van der Waals surface area contributed by atoms with Crippen molar-refractivity contribution in [1.82, 2.24) is 0 Å². The second kappa shape index (κ2) is 7.85. The molecule has 0 saturated carbocycles. The molecule has 1 N–H and O–H groups in total. The van der Waals surface area contributed by atoms with Gasteiger partial charge in [0, 0.05) is 24.1 Å². The lowest BCUT2D eigenvalue weighted by Gasteiger charge is -2.06. The van der Waals surface area contributed by atoms with Crippen molar-refractivity contribution < 1.29 is 14.0 Å². The Bertz CT molecular complexity index is 731. The van der Waals surface area contributed by atoms with E-state index in [-0.39, 0.29) is 24.5 Å². The van der Waals surface area contributed by atoms with Crippen molar-refractivity contribution in [3.63, 3.8) is 0 Å². The van der Waals surface area contributed by atoms with Crippen LogP contribution in [0.25, 0.3) is 0 Å². The Morgan fingerprint density at radius 2 is 1.65 bits per heavy atom. The SMILES string of the molecule is N#CCc1ccc(NC(=O)CCC(=O)c2ccc(F)cc2)cc1. The molecule has 0 aliphatic heterocycles. The molecular formula is C18H15FN2O2. The molecule has 2 aromatic carbocycles. The van der Waals surface area contributed by atoms with Gasteiger partial charge in [0.15, 0.2) is 5.78 Å². The lowest BCUT2D eigenvalue weighted by molar-refractivity contribution is -0.116. The van der Waals surface area contributed by atoms with Crippen molar-refractivity contribution >= 4 is 17.4 Å². The Morgan fingerprint density at radius 3 is 2.26 bits per heavy atom. The Balaban J connectivity index is 1.84. The first-order valence-corrected chi connectivity index (χ1v) is 7.13. The standard InChI is InChI=1S/C18H15FN2O2/c19-15-5-3-14(4-6-15)17(22)9-10-18(23)21-16-7-1-13(2-8-16)11-12-20/h1-8H,9-11H2,(H,21,23). The van der Waals surface area contributed by atoms with E-state index in [0.717, 1.165) is 5.56 Å². The smallest absolute Gasteiger partial charge is 0.224 e. The highest BCUT2D eigenvalue weighted by Crippen LogP contribution is 2.12. The average molecular weight is 310 g/mol. The summed E-state index contributed by atoms with van der Waals surface area (Å²) in [7, 11) is 0. The van der Waals surface area contributed by atoms with E-state index in [4.69, 9.17) is 5.26 Å². The number of carbonyl (C=O) groups is 2. The molecule has 0 bridgehead atoms. The summed E-state index contributed by atoms with van der Waals surface area (Å²) in [6.45, 7) is 0. The molecule has 2 aromatic rings. The van der Waals surface area contributed by atoms with Crippen LogP contribution in [0.1, 0.15) is 28.8 Å². The van der Waals surface area contributed by atoms with Gasteiger partial charge in [-0.25, -0.2) is 4.39 Å². The van der Waals surface area contributed by atoms with Crippen molar-refractivity contribution in [3.8, 4) is 6.07 Å². The molecule has 0 unspecified atom stereocenters. The molecular weight excluding hydrogens is 295 g/mol. The van der Waals surface area contributed by atoms with Gasteiger partial charge in [-0.2, -0.15) is 5.26 Å². The van der Waals surface area contributed by atoms with Gasteiger partial charge < -0.3 is 5.32 Å². The summed E-state index contributed by atoms with van der Waals surface area (Å²) in [5.74, 6) is -0.878. The Hall–Kier alpha value is -3.00. The number of amides is 1. The van der Waals surface area contributed by atoms with Gasteiger partial charge in [0.1, 0.15) is 5.82 Å². The van der Waals surface area contributed by atoms with Crippen LogP contribution < -0.4 is 5.32 Å². The Labute approximate surface area is 133 Å². The van der Waals surface area contributed by atoms with E-state index in [1.165, 1.54) is 24.3 Å². The predicted molar refractivity (Wildman–Crippen MR) is 84.4 cm³/mol. The molecule has 23 heavy (non-hydrogen) atoms. The average Bonchev–Trinajstić information content (AvgIpc) is 2.55. The topological polar surface area (TPSA) is 70.0 Å². The lowest BCUT2D eigenvalue weighted by atomic mass is 10.1. The van der Waals surface area contributed by atoms with Crippen LogP contribution >= 0.6 is 0 Å². The maximum atomic E-state index is 12.8. The van der Waals surface area contributed by atoms with E-state index < -0.39 is 5.82 Å². The summed E-state index contributed by atoms with van der Waals surface area (Å²) in [4.78, 5) is 23.7. The van der Waals surface area contributed by atoms with Crippen molar-refractivity contribution in [2.75, 3.05) is 5.32 Å². The number of ketones is 1. The normalized spacial score (nSPS) is 9.91. The zero-order valence-electron chi connectivity index (χ0n) is 12.4. The summed E-state index contributed by atoms with van der Waals surface area (Å²) < 4.78 is 12.8. The highest BCUT2D eigenvalue weighted by atomic mass is 19.1. The van der Waals surface area contributed by atoms with Crippen LogP contribution in [0.3, 0.4) is 0 Å². The Kier molecular flexibility index (Phi) is 5.59. The second-order valence-electron chi connectivity index (χ2n) is 5.01. The quantitative estimate of drug-likeness (QED) is 0.830. The number of anilines is 1. The van der Waals surface area contributed by atoms with Gasteiger partial charge >= 0.3 is 0 Å². The number of nitrogens with zero attached hydrogens (tertiary/aromatic N) is 1. The third kappa shape index (κ3) is 5.04. The van der Waals surface area contributed by atoms with Gasteiger partial charge in [0.25, 0.3) is 0 Å². The Morgan fingerprint density at radius 1 is 1.00 bits per heavy atom. The van der Waals surface area contributed by atoms with Gasteiger partial charge in [-0.05, 0) is 42.0 Å². The molecule has 0 radical (unpaired) electrons. The molecule has 0 atom stereocenters. The van der Waals surface area contributed by atoms with Crippen LogP contribution in [-0.2, 0) is 11.2 Å². The number of carbonyl (C=O) groups excluding carboxylic acids is 2. The van der Waals surface area contributed by atoms with Crippen LogP contribution in [0.4, 0.5) is 10.1 Å². The number of halogens is 1. The van der Waals surface area contributed by atoms with E-state index in [9.17, 15) is 14.0 Å². The molecule has 0 aromatic heterocycles. The maximum Gasteiger partial charge on any atom is 0.224 e. The number of Topliss-reactive ketones (excluding diaryl/α,β-unsaturated/α-hetero) is 1. The van der Waals surface area contributed by atoms with E-state index in [1.807, 2.05) is 6.07 Å². The number of benzene rings is 2. The van der Waals surface area contributed by atoms with Crippen LogP contribution in [0.5, 0.6) is 0 Å². The summed E-state index contributed by atoms with van der Waals surface area (Å²) in [6, 6.07) is 14.3. The molecule has 0 heterocycles. The first-order chi connectivity index (χ1) is 11.1. The molecule has 0 aliphatic carbocycles. The molecule has 0 aliphatic rings. The van der Waals surface area contributed by atoms with Crippen molar-refractivity contribution in [2.45, 2.75) is 19.3 Å². The fourth-order valence-corrected chi connectivity index (χ4v) is 2.03.